The Morgan fingerprint density at radius 2 is 1.03 bits per heavy atom. The molecule has 1 aliphatic heterocycles. The highest BCUT2D eigenvalue weighted by molar-refractivity contribution is 6.01. The van der Waals surface area contributed by atoms with Crippen molar-refractivity contribution in [3.05, 3.63) is 72.1 Å². The van der Waals surface area contributed by atoms with E-state index in [-0.39, 0.29) is 32.2 Å². The number of aromatic nitrogens is 2. The number of H-pyrrole nitrogens is 2. The number of ether oxygens (including phenoxy) is 1. The summed E-state index contributed by atoms with van der Waals surface area (Å²) in [5.74, 6) is -23.1. The Balaban J connectivity index is 1.53. The van der Waals surface area contributed by atoms with Gasteiger partial charge in [-0.2, -0.15) is 0 Å². The number of benzene rings is 2. The molecule has 11 atom stereocenters. The first-order chi connectivity index (χ1) is 52.3. The predicted octanol–water partition coefficient (Wildman–Crippen LogP) is -4.84. The lowest BCUT2D eigenvalue weighted by Crippen LogP contribution is -2.60. The number of hydrogen-bond donors (Lipinski definition) is 21. The number of cyclic esters (lactones) is 1. The lowest BCUT2D eigenvalue weighted by molar-refractivity contribution is -0.151. The van der Waals surface area contributed by atoms with Gasteiger partial charge in [0.05, 0.1) is 39.0 Å². The molecule has 14 amide bonds. The van der Waals surface area contributed by atoms with E-state index in [0.29, 0.717) is 45.8 Å². The van der Waals surface area contributed by atoms with Gasteiger partial charge in [0.15, 0.2) is 0 Å². The molecule has 5 rings (SSSR count). The van der Waals surface area contributed by atoms with Gasteiger partial charge >= 0.3 is 23.9 Å². The maximum Gasteiger partial charge on any atom is 0.329 e. The summed E-state index contributed by atoms with van der Waals surface area (Å²) in [5, 5.41) is 70.3. The number of primary amides is 1. The highest BCUT2D eigenvalue weighted by Gasteiger charge is 2.38. The number of unbranched alkanes of at least 4 members (excludes halogenated alkanes) is 6. The summed E-state index contributed by atoms with van der Waals surface area (Å²) in [5.41, 5.74) is 13.3. The van der Waals surface area contributed by atoms with Gasteiger partial charge in [0, 0.05) is 59.9 Å². The number of esters is 1. The number of nitrogens with one attached hydrogen (secondary N) is 15. The molecule has 0 spiro atoms. The van der Waals surface area contributed by atoms with Crippen LogP contribution >= 0.6 is 0 Å². The Hall–Kier alpha value is -12.1. The molecule has 0 bridgehead atoms. The Labute approximate surface area is 629 Å². The average molecular weight is 1540 g/mol. The number of carbonyl (C=O) groups excluding carboxylic acids is 15. The van der Waals surface area contributed by atoms with Crippen molar-refractivity contribution in [1.82, 2.24) is 79.1 Å². The molecule has 3 heterocycles. The Bertz CT molecular complexity index is 3970. The lowest BCUT2D eigenvalue weighted by atomic mass is 10.0. The molecule has 0 radical (unpaired) electrons. The molecule has 40 nitrogen and oxygen atoms in total. The van der Waals surface area contributed by atoms with E-state index in [2.05, 4.69) is 86.0 Å². The molecule has 23 N–H and O–H groups in total. The number of hydrogen-bond acceptors (Lipinski definition) is 21. The van der Waals surface area contributed by atoms with Crippen LogP contribution in [0.4, 0.5) is 0 Å². The molecule has 4 aromatic rings. The molecule has 0 aliphatic carbocycles. The van der Waals surface area contributed by atoms with Gasteiger partial charge in [-0.15, -0.1) is 0 Å². The topological polar surface area (TPSA) is 637 Å². The highest BCUT2D eigenvalue weighted by Crippen LogP contribution is 2.22. The standard InChI is InChI=1S/C70H97N17O23/c1-4-5-6-7-8-9-10-21-54(90)80-46(25-38-30-73-42-18-13-11-16-40(38)42)66(105)84-47(27-53(72)89)67(106)85-49(29-59(97)98)68(107)87-52-35-110-70(109)50(26-39-31-74-43-19-14-12-17-41(39)43)86-65(104)45(22-23-57(93)94)82-69(108)51(34-88)81-56(92)33-75-62(101)48(28-58(95)96)83-61(100)37(3)77-60(99)36(2)78-64(103)44(20-15-24-71)79-55(91)32-76-63(52)102/h11-14,16-19,30-31,36-37,44-52,73-74,88H,4-10,15,20-29,32-35,71H2,1-3H3,(H2,72,89)(H,75,101)(H,76,102)(H,77,99)(H,78,103)(H,79,91)(H,80,90)(H,81,92)(H,82,108)(H,83,100)(H,84,105)(H,85,106)(H,86,104)(H,87,107)(H,93,94)(H,95,96)(H,97,98)/t36-,37+,44-,45-,46-,47-,48-,49-,50-,51+,52-/m0/s1. The van der Waals surface area contributed by atoms with Crippen molar-refractivity contribution in [2.24, 2.45) is 11.5 Å². The zero-order valence-corrected chi connectivity index (χ0v) is 60.9. The van der Waals surface area contributed by atoms with E-state index in [1.54, 1.807) is 54.7 Å². The smallest absolute Gasteiger partial charge is 0.329 e. The maximum absolute atomic E-state index is 14.7. The third-order valence-corrected chi connectivity index (χ3v) is 17.4. The second-order valence-electron chi connectivity index (χ2n) is 26.2. The number of aliphatic hydroxyl groups is 1. The van der Waals surface area contributed by atoms with Crippen LogP contribution in [0.5, 0.6) is 0 Å². The van der Waals surface area contributed by atoms with Crippen LogP contribution in [0.3, 0.4) is 0 Å². The number of carboxylic acid groups (broad SMARTS) is 3. The molecule has 2 aromatic carbocycles. The minimum atomic E-state index is -2.28. The molecule has 1 fully saturated rings. The fourth-order valence-electron chi connectivity index (χ4n) is 11.4. The first kappa shape index (κ1) is 88.5. The summed E-state index contributed by atoms with van der Waals surface area (Å²) in [6.45, 7) is -0.395. The van der Waals surface area contributed by atoms with Crippen molar-refractivity contribution >= 4 is 128 Å². The minimum absolute atomic E-state index is 0.0142. The lowest BCUT2D eigenvalue weighted by Gasteiger charge is -2.26. The molecule has 110 heavy (non-hydrogen) atoms. The molecule has 1 saturated heterocycles. The largest absolute Gasteiger partial charge is 0.481 e. The van der Waals surface area contributed by atoms with Crippen molar-refractivity contribution < 1.29 is 111 Å². The normalized spacial score (nSPS) is 20.8. The number of rotatable bonds is 32. The molecular weight excluding hydrogens is 1450 g/mol. The highest BCUT2D eigenvalue weighted by atomic mass is 16.5. The van der Waals surface area contributed by atoms with Gasteiger partial charge in [0.2, 0.25) is 82.7 Å². The van der Waals surface area contributed by atoms with Crippen LogP contribution in [-0.2, 0) is 104 Å². The zero-order valence-electron chi connectivity index (χ0n) is 60.9. The monoisotopic (exact) mass is 1540 g/mol. The number of nitrogens with two attached hydrogens (primary N) is 2. The van der Waals surface area contributed by atoms with Crippen LogP contribution in [0.1, 0.15) is 128 Å². The van der Waals surface area contributed by atoms with Gasteiger partial charge in [0.1, 0.15) is 73.1 Å². The van der Waals surface area contributed by atoms with Crippen molar-refractivity contribution in [3.63, 3.8) is 0 Å². The van der Waals surface area contributed by atoms with Crippen LogP contribution in [0, 0.1) is 0 Å². The summed E-state index contributed by atoms with van der Waals surface area (Å²) >= 11 is 0. The number of aliphatic hydroxyl groups excluding tert-OH is 1. The number of fused-ring (bicyclic) bond motifs is 2. The van der Waals surface area contributed by atoms with E-state index in [4.69, 9.17) is 16.2 Å². The van der Waals surface area contributed by atoms with Gasteiger partial charge in [-0.25, -0.2) is 4.79 Å². The van der Waals surface area contributed by atoms with Crippen LogP contribution in [-0.4, -0.2) is 236 Å². The van der Waals surface area contributed by atoms with E-state index in [9.17, 15) is 107 Å². The van der Waals surface area contributed by atoms with Gasteiger partial charge in [-0.1, -0.05) is 81.8 Å². The summed E-state index contributed by atoms with van der Waals surface area (Å²) < 4.78 is 5.63. The number of para-hydroxylation sites is 2. The van der Waals surface area contributed by atoms with E-state index in [1.807, 2.05) is 0 Å². The van der Waals surface area contributed by atoms with Crippen molar-refractivity contribution in [3.8, 4) is 0 Å². The average Bonchev–Trinajstić information content (AvgIpc) is 1.67. The molecule has 1 aliphatic rings. The van der Waals surface area contributed by atoms with Gasteiger partial charge in [0.25, 0.3) is 0 Å². The fourth-order valence-corrected chi connectivity index (χ4v) is 11.4. The number of carbonyl (C=O) groups is 18. The third kappa shape index (κ3) is 29.6. The first-order valence-corrected chi connectivity index (χ1v) is 35.7. The Kier molecular flexibility index (Phi) is 36.1. The molecule has 40 heteroatoms. The number of aliphatic carboxylic acids is 3. The number of amides is 14. The number of carboxylic acids is 3. The predicted molar refractivity (Wildman–Crippen MR) is 387 cm³/mol. The van der Waals surface area contributed by atoms with Crippen LogP contribution in [0.15, 0.2) is 60.9 Å². The quantitative estimate of drug-likeness (QED) is 0.0161. The molecule has 0 saturated carbocycles. The zero-order chi connectivity index (χ0) is 81.1. The van der Waals surface area contributed by atoms with Crippen LogP contribution < -0.4 is 80.6 Å². The van der Waals surface area contributed by atoms with Crippen molar-refractivity contribution in [2.75, 3.05) is 32.8 Å². The van der Waals surface area contributed by atoms with Gasteiger partial charge < -0.3 is 116 Å². The second kappa shape index (κ2) is 44.9. The number of aromatic amines is 2. The maximum atomic E-state index is 14.7. The SMILES string of the molecule is CCCCCCCCCC(=O)N[C@@H](Cc1c[nH]c2ccccc12)C(=O)N[C@@H](CC(N)=O)C(=O)N[C@@H](CC(=O)O)C(=O)N[C@H]1COC(=O)[C@H](Cc2c[nH]c3ccccc23)NC(=O)[C@H](CCC(=O)O)NC(=O)[C@@H](CO)NC(=O)CNC(=O)[C@H](CC(=O)O)NC(=O)[C@@H](C)NC(=O)[C@H](C)NC(=O)[C@H](CCCN)NC(=O)CNC1=O. The van der Waals surface area contributed by atoms with Crippen molar-refractivity contribution in [2.45, 2.75) is 196 Å². The summed E-state index contributed by atoms with van der Waals surface area (Å²) in [6, 6.07) is -6.86. The van der Waals surface area contributed by atoms with E-state index in [1.165, 1.54) is 6.20 Å². The molecule has 2 aromatic heterocycles. The van der Waals surface area contributed by atoms with Crippen molar-refractivity contribution in [1.29, 1.82) is 0 Å². The van der Waals surface area contributed by atoms with E-state index < -0.39 is 238 Å². The Morgan fingerprint density at radius 1 is 0.518 bits per heavy atom. The molecule has 0 unspecified atom stereocenters. The molecular formula is C70H97N17O23. The van der Waals surface area contributed by atoms with Gasteiger partial charge in [-0.3, -0.25) is 81.5 Å². The first-order valence-electron chi connectivity index (χ1n) is 35.7. The summed E-state index contributed by atoms with van der Waals surface area (Å²) in [7, 11) is 0. The fraction of sp³-hybridized carbons (Fsp3) is 0.514. The van der Waals surface area contributed by atoms with E-state index >= 15 is 0 Å². The van der Waals surface area contributed by atoms with E-state index in [0.717, 1.165) is 46.0 Å². The summed E-state index contributed by atoms with van der Waals surface area (Å²) in [6.07, 6.45) is 3.33. The Morgan fingerprint density at radius 3 is 1.62 bits per heavy atom. The van der Waals surface area contributed by atoms with Gasteiger partial charge in [-0.05, 0) is 69.3 Å². The summed E-state index contributed by atoms with van der Waals surface area (Å²) in [4.78, 5) is 250. The molecule has 600 valence electrons. The van der Waals surface area contributed by atoms with Crippen LogP contribution in [0.2, 0.25) is 0 Å². The third-order valence-electron chi connectivity index (χ3n) is 17.4. The second-order valence-corrected chi connectivity index (χ2v) is 26.2. The van der Waals surface area contributed by atoms with Crippen LogP contribution in [0.25, 0.3) is 21.8 Å². The minimum Gasteiger partial charge on any atom is -0.481 e.